The lowest BCUT2D eigenvalue weighted by Gasteiger charge is -2.35. The lowest BCUT2D eigenvalue weighted by Crippen LogP contribution is -2.53. The van der Waals surface area contributed by atoms with E-state index in [1.807, 2.05) is 25.1 Å². The van der Waals surface area contributed by atoms with E-state index in [0.717, 1.165) is 50.6 Å². The Labute approximate surface area is 154 Å². The highest BCUT2D eigenvalue weighted by Gasteiger charge is 2.43. The van der Waals surface area contributed by atoms with E-state index in [9.17, 15) is 10.1 Å². The molecular weight excluding hydrogens is 336 g/mol. The van der Waals surface area contributed by atoms with Crippen LogP contribution in [0.3, 0.4) is 0 Å². The van der Waals surface area contributed by atoms with Crippen LogP contribution in [0.2, 0.25) is 5.02 Å². The van der Waals surface area contributed by atoms with E-state index in [4.69, 9.17) is 11.6 Å². The van der Waals surface area contributed by atoms with Crippen LogP contribution < -0.4 is 5.32 Å². The van der Waals surface area contributed by atoms with Crippen LogP contribution in [0.15, 0.2) is 24.3 Å². The van der Waals surface area contributed by atoms with Crippen molar-refractivity contribution in [3.05, 3.63) is 34.9 Å². The minimum atomic E-state index is -0.703. The number of nitrogens with one attached hydrogen (secondary N) is 1. The van der Waals surface area contributed by atoms with Gasteiger partial charge in [-0.2, -0.15) is 5.26 Å². The lowest BCUT2D eigenvalue weighted by atomic mass is 9.98. The molecule has 1 aromatic rings. The fraction of sp³-hybridized carbons (Fsp3) is 0.579. The summed E-state index contributed by atoms with van der Waals surface area (Å²) >= 11 is 6.04. The van der Waals surface area contributed by atoms with Crippen LogP contribution in [0, 0.1) is 17.2 Å². The van der Waals surface area contributed by atoms with Gasteiger partial charge in [-0.1, -0.05) is 23.7 Å². The molecule has 1 amide bonds. The number of benzene rings is 1. The Balaban J connectivity index is 1.43. The average molecular weight is 361 g/mol. The fourth-order valence-electron chi connectivity index (χ4n) is 3.41. The van der Waals surface area contributed by atoms with Crippen molar-refractivity contribution in [3.63, 3.8) is 0 Å². The number of hydrogen-bond acceptors (Lipinski definition) is 4. The molecule has 1 saturated heterocycles. The molecule has 0 aromatic heterocycles. The van der Waals surface area contributed by atoms with Crippen molar-refractivity contribution in [2.75, 3.05) is 32.7 Å². The van der Waals surface area contributed by atoms with E-state index in [2.05, 4.69) is 27.3 Å². The van der Waals surface area contributed by atoms with E-state index in [0.29, 0.717) is 12.5 Å². The summed E-state index contributed by atoms with van der Waals surface area (Å²) in [6, 6.07) is 10.2. The van der Waals surface area contributed by atoms with Gasteiger partial charge >= 0.3 is 0 Å². The largest absolute Gasteiger partial charge is 0.337 e. The third-order valence-electron chi connectivity index (χ3n) is 5.15. The minimum absolute atomic E-state index is 0.0424. The van der Waals surface area contributed by atoms with Gasteiger partial charge in [0.2, 0.25) is 5.91 Å². The Morgan fingerprint density at radius 2 is 2.00 bits per heavy atom. The molecule has 0 radical (unpaired) electrons. The zero-order valence-corrected chi connectivity index (χ0v) is 15.4. The highest BCUT2D eigenvalue weighted by Crippen LogP contribution is 2.39. The highest BCUT2D eigenvalue weighted by atomic mass is 35.5. The van der Waals surface area contributed by atoms with Crippen LogP contribution in [0.1, 0.15) is 25.3 Å². The van der Waals surface area contributed by atoms with Crippen molar-refractivity contribution >= 4 is 17.5 Å². The zero-order chi connectivity index (χ0) is 17.9. The number of nitrogens with zero attached hydrogens (tertiary/aromatic N) is 3. The molecule has 25 heavy (non-hydrogen) atoms. The molecule has 1 atom stereocenters. The molecule has 2 fully saturated rings. The van der Waals surface area contributed by atoms with E-state index < -0.39 is 5.54 Å². The number of piperazine rings is 1. The normalized spacial score (nSPS) is 21.3. The summed E-state index contributed by atoms with van der Waals surface area (Å²) in [6.07, 6.45) is 2.07. The molecule has 6 heteroatoms. The minimum Gasteiger partial charge on any atom is -0.337 e. The summed E-state index contributed by atoms with van der Waals surface area (Å²) in [6.45, 7) is 6.67. The first-order valence-corrected chi connectivity index (χ1v) is 9.28. The van der Waals surface area contributed by atoms with E-state index in [1.54, 1.807) is 0 Å². The lowest BCUT2D eigenvalue weighted by molar-refractivity contribution is -0.124. The fourth-order valence-corrected chi connectivity index (χ4v) is 3.63. The number of carbonyl (C=O) groups is 1. The van der Waals surface area contributed by atoms with Gasteiger partial charge in [0, 0.05) is 37.7 Å². The van der Waals surface area contributed by atoms with Crippen molar-refractivity contribution in [1.82, 2.24) is 15.1 Å². The second kappa shape index (κ2) is 7.74. The van der Waals surface area contributed by atoms with Crippen molar-refractivity contribution in [2.45, 2.75) is 31.8 Å². The van der Waals surface area contributed by atoms with Gasteiger partial charge in [0.1, 0.15) is 5.54 Å². The molecule has 134 valence electrons. The van der Waals surface area contributed by atoms with E-state index >= 15 is 0 Å². The molecule has 5 nitrogen and oxygen atoms in total. The van der Waals surface area contributed by atoms with Gasteiger partial charge in [-0.3, -0.25) is 14.6 Å². The summed E-state index contributed by atoms with van der Waals surface area (Å²) in [4.78, 5) is 16.8. The quantitative estimate of drug-likeness (QED) is 0.845. The molecule has 2 aliphatic rings. The first kappa shape index (κ1) is 18.2. The Morgan fingerprint density at radius 1 is 1.32 bits per heavy atom. The first-order chi connectivity index (χ1) is 12.0. The smallest absolute Gasteiger partial charge is 0.235 e. The standard InChI is InChI=1S/C19H25ClN4O/c1-19(14-21,16-5-6-16)22-18(25)13-24-9-7-23(8-10-24)12-15-3-2-4-17(20)11-15/h2-4,11,16H,5-10,12-13H2,1H3,(H,22,25). The Bertz CT molecular complexity index is 662. The van der Waals surface area contributed by atoms with Crippen LogP contribution in [0.4, 0.5) is 0 Å². The van der Waals surface area contributed by atoms with Gasteiger partial charge in [-0.25, -0.2) is 0 Å². The number of hydrogen-bond donors (Lipinski definition) is 1. The molecule has 1 N–H and O–H groups in total. The summed E-state index contributed by atoms with van der Waals surface area (Å²) < 4.78 is 0. The number of nitriles is 1. The predicted molar refractivity (Wildman–Crippen MR) is 98.1 cm³/mol. The third-order valence-corrected chi connectivity index (χ3v) is 5.39. The average Bonchev–Trinajstić information content (AvgIpc) is 3.42. The van der Waals surface area contributed by atoms with Crippen LogP contribution in [-0.4, -0.2) is 54.0 Å². The van der Waals surface area contributed by atoms with Crippen molar-refractivity contribution in [3.8, 4) is 6.07 Å². The molecule has 1 heterocycles. The third kappa shape index (κ3) is 4.94. The van der Waals surface area contributed by atoms with Gasteiger partial charge in [-0.05, 0) is 43.4 Å². The summed E-state index contributed by atoms with van der Waals surface area (Å²) in [5.41, 5.74) is 0.513. The Hall–Kier alpha value is -1.61. The number of amides is 1. The monoisotopic (exact) mass is 360 g/mol. The van der Waals surface area contributed by atoms with E-state index in [1.165, 1.54) is 5.56 Å². The van der Waals surface area contributed by atoms with Crippen molar-refractivity contribution < 1.29 is 4.79 Å². The van der Waals surface area contributed by atoms with Gasteiger partial charge in [0.05, 0.1) is 12.6 Å². The summed E-state index contributed by atoms with van der Waals surface area (Å²) in [7, 11) is 0. The maximum atomic E-state index is 12.3. The van der Waals surface area contributed by atoms with Crippen LogP contribution in [0.25, 0.3) is 0 Å². The summed E-state index contributed by atoms with van der Waals surface area (Å²) in [5, 5.41) is 13.1. The molecule has 3 rings (SSSR count). The summed E-state index contributed by atoms with van der Waals surface area (Å²) in [5.74, 6) is 0.273. The molecule has 1 aliphatic heterocycles. The molecule has 0 spiro atoms. The predicted octanol–water partition coefficient (Wildman–Crippen LogP) is 2.27. The topological polar surface area (TPSA) is 59.4 Å². The Kier molecular flexibility index (Phi) is 5.63. The van der Waals surface area contributed by atoms with Gasteiger partial charge in [-0.15, -0.1) is 0 Å². The SMILES string of the molecule is CC(C#N)(NC(=O)CN1CCN(Cc2cccc(Cl)c2)CC1)C1CC1. The van der Waals surface area contributed by atoms with Crippen LogP contribution >= 0.6 is 11.6 Å². The number of rotatable bonds is 6. The Morgan fingerprint density at radius 3 is 2.60 bits per heavy atom. The van der Waals surface area contributed by atoms with Gasteiger partial charge < -0.3 is 5.32 Å². The van der Waals surface area contributed by atoms with Crippen molar-refractivity contribution in [1.29, 1.82) is 5.26 Å². The molecule has 1 unspecified atom stereocenters. The van der Waals surface area contributed by atoms with Gasteiger partial charge in [0.15, 0.2) is 0 Å². The molecule has 1 aliphatic carbocycles. The zero-order valence-electron chi connectivity index (χ0n) is 14.7. The van der Waals surface area contributed by atoms with Gasteiger partial charge in [0.25, 0.3) is 0 Å². The molecule has 0 bridgehead atoms. The highest BCUT2D eigenvalue weighted by molar-refractivity contribution is 6.30. The number of halogens is 1. The maximum Gasteiger partial charge on any atom is 0.235 e. The van der Waals surface area contributed by atoms with Crippen LogP contribution in [0.5, 0.6) is 0 Å². The first-order valence-electron chi connectivity index (χ1n) is 8.90. The van der Waals surface area contributed by atoms with E-state index in [-0.39, 0.29) is 5.91 Å². The van der Waals surface area contributed by atoms with Crippen LogP contribution in [-0.2, 0) is 11.3 Å². The second-order valence-corrected chi connectivity index (χ2v) is 7.76. The number of carbonyl (C=O) groups excluding carboxylic acids is 1. The molecular formula is C19H25ClN4O. The van der Waals surface area contributed by atoms with Crippen molar-refractivity contribution in [2.24, 2.45) is 5.92 Å². The molecule has 1 saturated carbocycles. The molecule has 1 aromatic carbocycles. The maximum absolute atomic E-state index is 12.3. The second-order valence-electron chi connectivity index (χ2n) is 7.32.